The van der Waals surface area contributed by atoms with Crippen molar-refractivity contribution in [3.8, 4) is 0 Å². The lowest BCUT2D eigenvalue weighted by Crippen LogP contribution is -2.31. The quantitative estimate of drug-likeness (QED) is 0.740. The molecule has 2 atom stereocenters. The number of carbonyl (C=O) groups is 2. The van der Waals surface area contributed by atoms with Crippen LogP contribution >= 0.6 is 0 Å². The van der Waals surface area contributed by atoms with Gasteiger partial charge in [0.1, 0.15) is 11.9 Å². The van der Waals surface area contributed by atoms with E-state index in [1.54, 1.807) is 6.92 Å². The summed E-state index contributed by atoms with van der Waals surface area (Å²) in [6.07, 6.45) is 0.256. The van der Waals surface area contributed by atoms with Crippen molar-refractivity contribution in [3.05, 3.63) is 35.6 Å². The highest BCUT2D eigenvalue weighted by molar-refractivity contribution is 5.73. The van der Waals surface area contributed by atoms with Gasteiger partial charge in [0.05, 0.1) is 12.5 Å². The van der Waals surface area contributed by atoms with Crippen LogP contribution in [0.25, 0.3) is 0 Å². The van der Waals surface area contributed by atoms with Gasteiger partial charge < -0.3 is 15.6 Å². The molecule has 3 N–H and O–H groups in total. The van der Waals surface area contributed by atoms with Crippen molar-refractivity contribution < 1.29 is 23.8 Å². The Kier molecular flexibility index (Phi) is 6.11. The zero-order valence-corrected chi connectivity index (χ0v) is 11.2. The smallest absolute Gasteiger partial charge is 0.320 e. The zero-order valence-electron chi connectivity index (χ0n) is 11.2. The number of aliphatic carboxylic acids is 1. The maximum Gasteiger partial charge on any atom is 0.320 e. The number of benzene rings is 1. The third kappa shape index (κ3) is 5.79. The Balaban J connectivity index is 2.34. The van der Waals surface area contributed by atoms with Crippen LogP contribution in [0.2, 0.25) is 0 Å². The van der Waals surface area contributed by atoms with E-state index in [4.69, 9.17) is 15.6 Å². The minimum absolute atomic E-state index is 0.0512. The van der Waals surface area contributed by atoms with Gasteiger partial charge in [0.15, 0.2) is 0 Å². The molecule has 1 aromatic rings. The topological polar surface area (TPSA) is 89.6 Å². The fraction of sp³-hybridized carbons (Fsp3) is 0.429. The first-order valence-electron chi connectivity index (χ1n) is 6.30. The molecule has 0 aliphatic rings. The number of hydrogen-bond donors (Lipinski definition) is 2. The average Bonchev–Trinajstić information content (AvgIpc) is 2.38. The second-order valence-corrected chi connectivity index (χ2v) is 4.63. The number of rotatable bonds is 7. The van der Waals surface area contributed by atoms with Gasteiger partial charge in [0.2, 0.25) is 0 Å². The first-order valence-corrected chi connectivity index (χ1v) is 6.30. The largest absolute Gasteiger partial charge is 0.480 e. The van der Waals surface area contributed by atoms with Crippen LogP contribution in [0.4, 0.5) is 4.39 Å². The van der Waals surface area contributed by atoms with E-state index in [0.717, 1.165) is 0 Å². The van der Waals surface area contributed by atoms with E-state index in [1.807, 2.05) is 0 Å². The molecule has 6 heteroatoms. The molecular formula is C14H18FNO4. The number of carbonyl (C=O) groups excluding carboxylic acids is 1. The minimum Gasteiger partial charge on any atom is -0.480 e. The highest BCUT2D eigenvalue weighted by atomic mass is 19.1. The average molecular weight is 283 g/mol. The highest BCUT2D eigenvalue weighted by Gasteiger charge is 2.15. The first kappa shape index (κ1) is 16.1. The van der Waals surface area contributed by atoms with E-state index in [-0.39, 0.29) is 18.7 Å². The summed E-state index contributed by atoms with van der Waals surface area (Å²) in [5.41, 5.74) is 6.02. The van der Waals surface area contributed by atoms with Crippen LogP contribution in [0.5, 0.6) is 0 Å². The lowest BCUT2D eigenvalue weighted by Gasteiger charge is -2.14. The van der Waals surface area contributed by atoms with Gasteiger partial charge in [-0.25, -0.2) is 4.39 Å². The minimum atomic E-state index is -1.07. The van der Waals surface area contributed by atoms with Crippen LogP contribution in [0.3, 0.4) is 0 Å². The Labute approximate surface area is 116 Å². The van der Waals surface area contributed by atoms with E-state index in [9.17, 15) is 14.0 Å². The van der Waals surface area contributed by atoms with Crippen molar-refractivity contribution in [2.75, 3.05) is 0 Å². The van der Waals surface area contributed by atoms with E-state index < -0.39 is 24.1 Å². The fourth-order valence-corrected chi connectivity index (χ4v) is 1.63. The molecular weight excluding hydrogens is 265 g/mol. The van der Waals surface area contributed by atoms with Gasteiger partial charge in [0, 0.05) is 0 Å². The molecule has 1 aromatic carbocycles. The molecule has 20 heavy (non-hydrogen) atoms. The van der Waals surface area contributed by atoms with Crippen LogP contribution < -0.4 is 5.73 Å². The van der Waals surface area contributed by atoms with E-state index >= 15 is 0 Å². The SMILES string of the molecule is CC(CC[C@H](N)C(=O)O)OC(=O)Cc1ccc(F)cc1. The summed E-state index contributed by atoms with van der Waals surface area (Å²) in [4.78, 5) is 22.2. The second kappa shape index (κ2) is 7.59. The van der Waals surface area contributed by atoms with Gasteiger partial charge in [-0.3, -0.25) is 9.59 Å². The van der Waals surface area contributed by atoms with Gasteiger partial charge in [-0.15, -0.1) is 0 Å². The molecule has 0 spiro atoms. The molecule has 0 aliphatic carbocycles. The van der Waals surface area contributed by atoms with Crippen molar-refractivity contribution in [1.82, 2.24) is 0 Å². The summed E-state index contributed by atoms with van der Waals surface area (Å²) >= 11 is 0. The second-order valence-electron chi connectivity index (χ2n) is 4.63. The van der Waals surface area contributed by atoms with Gasteiger partial charge in [-0.05, 0) is 37.5 Å². The Morgan fingerprint density at radius 3 is 2.45 bits per heavy atom. The predicted octanol–water partition coefficient (Wildman–Crippen LogP) is 1.49. The van der Waals surface area contributed by atoms with Crippen molar-refractivity contribution in [2.24, 2.45) is 5.73 Å². The Morgan fingerprint density at radius 1 is 1.30 bits per heavy atom. The summed E-state index contributed by atoms with van der Waals surface area (Å²) < 4.78 is 17.8. The molecule has 0 aromatic heterocycles. The molecule has 1 unspecified atom stereocenters. The third-order valence-corrected chi connectivity index (χ3v) is 2.80. The lowest BCUT2D eigenvalue weighted by molar-refractivity contribution is -0.147. The van der Waals surface area contributed by atoms with Crippen molar-refractivity contribution >= 4 is 11.9 Å². The monoisotopic (exact) mass is 283 g/mol. The van der Waals surface area contributed by atoms with Gasteiger partial charge in [0.25, 0.3) is 0 Å². The zero-order chi connectivity index (χ0) is 15.1. The van der Waals surface area contributed by atoms with Crippen LogP contribution in [0.15, 0.2) is 24.3 Å². The van der Waals surface area contributed by atoms with Gasteiger partial charge >= 0.3 is 11.9 Å². The lowest BCUT2D eigenvalue weighted by atomic mass is 10.1. The van der Waals surface area contributed by atoms with Gasteiger partial charge in [-0.2, -0.15) is 0 Å². The number of nitrogens with two attached hydrogens (primary N) is 1. The summed E-state index contributed by atoms with van der Waals surface area (Å²) in [6, 6.07) is 4.63. The molecule has 5 nitrogen and oxygen atoms in total. The van der Waals surface area contributed by atoms with Crippen molar-refractivity contribution in [2.45, 2.75) is 38.3 Å². The Morgan fingerprint density at radius 2 is 1.90 bits per heavy atom. The maximum absolute atomic E-state index is 12.7. The molecule has 0 bridgehead atoms. The number of hydrogen-bond acceptors (Lipinski definition) is 4. The number of carboxylic acids is 1. The molecule has 0 saturated carbocycles. The molecule has 0 amide bonds. The predicted molar refractivity (Wildman–Crippen MR) is 70.5 cm³/mol. The molecule has 0 heterocycles. The molecule has 0 aliphatic heterocycles. The van der Waals surface area contributed by atoms with Crippen molar-refractivity contribution in [3.63, 3.8) is 0 Å². The number of carboxylic acid groups (broad SMARTS) is 1. The Hall–Kier alpha value is -1.95. The van der Waals surface area contributed by atoms with Crippen LogP contribution in [0, 0.1) is 5.82 Å². The number of ether oxygens (including phenoxy) is 1. The van der Waals surface area contributed by atoms with E-state index in [1.165, 1.54) is 24.3 Å². The molecule has 110 valence electrons. The number of halogens is 1. The Bertz CT molecular complexity index is 461. The molecule has 0 fully saturated rings. The van der Waals surface area contributed by atoms with Crippen LogP contribution in [-0.4, -0.2) is 29.2 Å². The van der Waals surface area contributed by atoms with Crippen molar-refractivity contribution in [1.29, 1.82) is 0 Å². The number of esters is 1. The van der Waals surface area contributed by atoms with Crippen LogP contribution in [-0.2, 0) is 20.7 Å². The van der Waals surface area contributed by atoms with Gasteiger partial charge in [-0.1, -0.05) is 12.1 Å². The summed E-state index contributed by atoms with van der Waals surface area (Å²) in [7, 11) is 0. The van der Waals surface area contributed by atoms with E-state index in [2.05, 4.69) is 0 Å². The maximum atomic E-state index is 12.7. The summed E-state index contributed by atoms with van der Waals surface area (Å²) in [6.45, 7) is 1.68. The molecule has 0 saturated heterocycles. The fourth-order valence-electron chi connectivity index (χ4n) is 1.63. The molecule has 1 rings (SSSR count). The highest BCUT2D eigenvalue weighted by Crippen LogP contribution is 2.08. The summed E-state index contributed by atoms with van der Waals surface area (Å²) in [5, 5.41) is 8.63. The normalized spacial score (nSPS) is 13.6. The standard InChI is InChI=1S/C14H18FNO4/c1-9(2-7-12(16)14(18)19)20-13(17)8-10-3-5-11(15)6-4-10/h3-6,9,12H,2,7-8,16H2,1H3,(H,18,19)/t9?,12-/m0/s1. The molecule has 0 radical (unpaired) electrons. The van der Waals surface area contributed by atoms with Crippen LogP contribution in [0.1, 0.15) is 25.3 Å². The summed E-state index contributed by atoms with van der Waals surface area (Å²) in [5.74, 6) is -1.87. The van der Waals surface area contributed by atoms with E-state index in [0.29, 0.717) is 12.0 Å². The first-order chi connectivity index (χ1) is 9.38. The third-order valence-electron chi connectivity index (χ3n) is 2.80.